The van der Waals surface area contributed by atoms with Crippen molar-refractivity contribution in [2.75, 3.05) is 25.4 Å². The van der Waals surface area contributed by atoms with Crippen LogP contribution >= 0.6 is 0 Å². The minimum Gasteiger partial charge on any atom is -0.397 e. The van der Waals surface area contributed by atoms with Crippen molar-refractivity contribution in [2.24, 2.45) is 0 Å². The fraction of sp³-hybridized carbons (Fsp3) is 0.636. The molecule has 1 fully saturated rings. The van der Waals surface area contributed by atoms with E-state index in [1.807, 2.05) is 0 Å². The molecule has 0 atom stereocenters. The van der Waals surface area contributed by atoms with Crippen LogP contribution in [0, 0.1) is 0 Å². The van der Waals surface area contributed by atoms with Gasteiger partial charge in [0.2, 0.25) is 0 Å². The molecular formula is C11H18N4O. The third-order valence-electron chi connectivity index (χ3n) is 2.93. The van der Waals surface area contributed by atoms with Crippen LogP contribution in [0.25, 0.3) is 0 Å². The minimum atomic E-state index is -0.110. The molecule has 2 rings (SSSR count). The van der Waals surface area contributed by atoms with Crippen LogP contribution in [0.4, 0.5) is 5.69 Å². The smallest absolute Gasteiger partial charge is 0.268 e. The van der Waals surface area contributed by atoms with Crippen LogP contribution in [0.2, 0.25) is 0 Å². The van der Waals surface area contributed by atoms with Crippen molar-refractivity contribution in [2.45, 2.75) is 25.8 Å². The first kappa shape index (κ1) is 11.1. The molecule has 1 aromatic rings. The van der Waals surface area contributed by atoms with Gasteiger partial charge in [0, 0.05) is 12.6 Å². The second-order valence-electron chi connectivity index (χ2n) is 4.25. The van der Waals surface area contributed by atoms with Crippen LogP contribution in [0.5, 0.6) is 0 Å². The number of aryl methyl sites for hydroxylation is 1. The van der Waals surface area contributed by atoms with Gasteiger partial charge in [-0.05, 0) is 38.9 Å². The molecule has 2 heterocycles. The molecule has 5 nitrogen and oxygen atoms in total. The van der Waals surface area contributed by atoms with Gasteiger partial charge in [-0.2, -0.15) is 5.10 Å². The van der Waals surface area contributed by atoms with Gasteiger partial charge in [0.25, 0.3) is 5.56 Å². The largest absolute Gasteiger partial charge is 0.397 e. The molecule has 0 bridgehead atoms. The quantitative estimate of drug-likeness (QED) is 0.796. The number of likely N-dealkylation sites (tertiary alicyclic amines) is 1. The highest BCUT2D eigenvalue weighted by Gasteiger charge is 2.10. The van der Waals surface area contributed by atoms with Gasteiger partial charge in [-0.25, -0.2) is 4.68 Å². The summed E-state index contributed by atoms with van der Waals surface area (Å²) >= 11 is 0. The molecular weight excluding hydrogens is 204 g/mol. The number of rotatable bonds is 4. The third kappa shape index (κ3) is 2.82. The lowest BCUT2D eigenvalue weighted by Crippen LogP contribution is -2.26. The molecule has 0 aromatic carbocycles. The molecule has 0 unspecified atom stereocenters. The molecule has 0 spiro atoms. The molecule has 1 aromatic heterocycles. The Kier molecular flexibility index (Phi) is 3.56. The van der Waals surface area contributed by atoms with Gasteiger partial charge in [-0.15, -0.1) is 0 Å². The van der Waals surface area contributed by atoms with E-state index in [9.17, 15) is 4.79 Å². The number of aromatic nitrogens is 2. The van der Waals surface area contributed by atoms with E-state index < -0.39 is 0 Å². The van der Waals surface area contributed by atoms with E-state index in [2.05, 4.69) is 10.00 Å². The maximum absolute atomic E-state index is 11.5. The second kappa shape index (κ2) is 5.12. The van der Waals surface area contributed by atoms with Crippen molar-refractivity contribution in [1.82, 2.24) is 14.7 Å². The standard InChI is InChI=1S/C11H18N4O/c12-10-8-11(16)15(13-9-10)7-3-6-14-4-1-2-5-14/h8-9H,1-7,12H2. The molecule has 0 amide bonds. The number of hydrogen-bond acceptors (Lipinski definition) is 4. The minimum absolute atomic E-state index is 0.110. The van der Waals surface area contributed by atoms with Gasteiger partial charge in [-0.3, -0.25) is 4.79 Å². The van der Waals surface area contributed by atoms with E-state index in [-0.39, 0.29) is 5.56 Å². The highest BCUT2D eigenvalue weighted by Crippen LogP contribution is 2.07. The summed E-state index contributed by atoms with van der Waals surface area (Å²) in [4.78, 5) is 13.9. The van der Waals surface area contributed by atoms with E-state index in [4.69, 9.17) is 5.73 Å². The zero-order valence-electron chi connectivity index (χ0n) is 9.43. The average molecular weight is 222 g/mol. The van der Waals surface area contributed by atoms with Gasteiger partial charge in [0.15, 0.2) is 0 Å². The Hall–Kier alpha value is -1.36. The lowest BCUT2D eigenvalue weighted by molar-refractivity contribution is 0.320. The molecule has 1 aliphatic rings. The number of nitrogen functional groups attached to an aromatic ring is 1. The van der Waals surface area contributed by atoms with E-state index in [0.29, 0.717) is 12.2 Å². The Morgan fingerprint density at radius 3 is 2.75 bits per heavy atom. The molecule has 16 heavy (non-hydrogen) atoms. The summed E-state index contributed by atoms with van der Waals surface area (Å²) in [7, 11) is 0. The van der Waals surface area contributed by atoms with E-state index in [1.165, 1.54) is 42.9 Å². The Morgan fingerprint density at radius 2 is 2.06 bits per heavy atom. The lowest BCUT2D eigenvalue weighted by atomic mass is 10.4. The summed E-state index contributed by atoms with van der Waals surface area (Å²) in [6, 6.07) is 1.42. The molecule has 88 valence electrons. The van der Waals surface area contributed by atoms with Crippen LogP contribution in [0.1, 0.15) is 19.3 Å². The van der Waals surface area contributed by atoms with Gasteiger partial charge in [0.05, 0.1) is 11.9 Å². The molecule has 2 N–H and O–H groups in total. The van der Waals surface area contributed by atoms with Crippen molar-refractivity contribution in [3.63, 3.8) is 0 Å². The maximum Gasteiger partial charge on any atom is 0.268 e. The van der Waals surface area contributed by atoms with E-state index in [1.54, 1.807) is 0 Å². The van der Waals surface area contributed by atoms with Crippen LogP contribution in [-0.2, 0) is 6.54 Å². The Bertz CT molecular complexity index is 395. The van der Waals surface area contributed by atoms with Gasteiger partial charge >= 0.3 is 0 Å². The van der Waals surface area contributed by atoms with E-state index in [0.717, 1.165) is 13.0 Å². The first-order valence-electron chi connectivity index (χ1n) is 5.81. The van der Waals surface area contributed by atoms with Gasteiger partial charge in [0.1, 0.15) is 0 Å². The predicted molar refractivity (Wildman–Crippen MR) is 63.2 cm³/mol. The van der Waals surface area contributed by atoms with E-state index >= 15 is 0 Å². The Balaban J connectivity index is 1.82. The van der Waals surface area contributed by atoms with Crippen molar-refractivity contribution in [3.8, 4) is 0 Å². The lowest BCUT2D eigenvalue weighted by Gasteiger charge is -2.14. The van der Waals surface area contributed by atoms with Crippen LogP contribution < -0.4 is 11.3 Å². The summed E-state index contributed by atoms with van der Waals surface area (Å²) in [6.07, 6.45) is 5.11. The SMILES string of the molecule is Nc1cnn(CCCN2CCCC2)c(=O)c1. The summed E-state index contributed by atoms with van der Waals surface area (Å²) < 4.78 is 1.48. The Labute approximate surface area is 94.9 Å². The first-order chi connectivity index (χ1) is 7.75. The molecule has 0 saturated carbocycles. The van der Waals surface area contributed by atoms with Crippen molar-refractivity contribution >= 4 is 5.69 Å². The van der Waals surface area contributed by atoms with Gasteiger partial charge in [-0.1, -0.05) is 0 Å². The molecule has 5 heteroatoms. The number of anilines is 1. The summed E-state index contributed by atoms with van der Waals surface area (Å²) in [5, 5.41) is 4.00. The third-order valence-corrected chi connectivity index (χ3v) is 2.93. The summed E-state index contributed by atoms with van der Waals surface area (Å²) in [6.45, 7) is 4.13. The van der Waals surface area contributed by atoms with Crippen molar-refractivity contribution in [1.29, 1.82) is 0 Å². The summed E-state index contributed by atoms with van der Waals surface area (Å²) in [5.74, 6) is 0. The number of nitrogens with two attached hydrogens (primary N) is 1. The summed E-state index contributed by atoms with van der Waals surface area (Å²) in [5.41, 5.74) is 5.79. The first-order valence-corrected chi connectivity index (χ1v) is 5.81. The van der Waals surface area contributed by atoms with Crippen LogP contribution in [0.3, 0.4) is 0 Å². The number of nitrogens with zero attached hydrogens (tertiary/aromatic N) is 3. The topological polar surface area (TPSA) is 64.2 Å². The monoisotopic (exact) mass is 222 g/mol. The molecule has 0 aliphatic carbocycles. The Morgan fingerprint density at radius 1 is 1.31 bits per heavy atom. The van der Waals surface area contributed by atoms with Gasteiger partial charge < -0.3 is 10.6 Å². The predicted octanol–water partition coefficient (Wildman–Crippen LogP) is 0.311. The fourth-order valence-electron chi connectivity index (χ4n) is 2.07. The fourth-order valence-corrected chi connectivity index (χ4v) is 2.07. The molecule has 1 saturated heterocycles. The maximum atomic E-state index is 11.5. The second-order valence-corrected chi connectivity index (χ2v) is 4.25. The zero-order valence-corrected chi connectivity index (χ0v) is 9.43. The molecule has 0 radical (unpaired) electrons. The highest BCUT2D eigenvalue weighted by atomic mass is 16.1. The zero-order chi connectivity index (χ0) is 11.4. The van der Waals surface area contributed by atoms with Crippen LogP contribution in [-0.4, -0.2) is 34.3 Å². The number of hydrogen-bond donors (Lipinski definition) is 1. The highest BCUT2D eigenvalue weighted by molar-refractivity contribution is 5.31. The normalized spacial score (nSPS) is 16.8. The van der Waals surface area contributed by atoms with Crippen molar-refractivity contribution < 1.29 is 0 Å². The van der Waals surface area contributed by atoms with Crippen LogP contribution in [0.15, 0.2) is 17.1 Å². The van der Waals surface area contributed by atoms with Crippen molar-refractivity contribution in [3.05, 3.63) is 22.6 Å². The molecule has 1 aliphatic heterocycles. The average Bonchev–Trinajstić information content (AvgIpc) is 2.74.